The molecular formula is C37H40O15. The van der Waals surface area contributed by atoms with E-state index in [2.05, 4.69) is 29.3 Å². The van der Waals surface area contributed by atoms with Gasteiger partial charge in [-0.2, -0.15) is 14.4 Å². The van der Waals surface area contributed by atoms with Crippen molar-refractivity contribution in [2.45, 2.75) is 61.3 Å². The minimum absolute atomic E-state index is 0.0770. The number of hydrogen-bond donors (Lipinski definition) is 0. The van der Waals surface area contributed by atoms with Gasteiger partial charge in [-0.1, -0.05) is 66.4 Å². The van der Waals surface area contributed by atoms with E-state index in [0.717, 1.165) is 16.7 Å². The van der Waals surface area contributed by atoms with Crippen LogP contribution < -0.4 is 0 Å². The Kier molecular flexibility index (Phi) is 14.5. The van der Waals surface area contributed by atoms with E-state index in [1.54, 1.807) is 103 Å². The molecular weight excluding hydrogens is 684 g/mol. The van der Waals surface area contributed by atoms with Crippen LogP contribution in [0.3, 0.4) is 0 Å². The Labute approximate surface area is 299 Å². The third-order valence-corrected chi connectivity index (χ3v) is 7.66. The molecule has 278 valence electrons. The van der Waals surface area contributed by atoms with Crippen molar-refractivity contribution in [1.82, 2.24) is 0 Å². The Morgan fingerprint density at radius 2 is 0.750 bits per heavy atom. The summed E-state index contributed by atoms with van der Waals surface area (Å²) in [5, 5.41) is 0. The maximum absolute atomic E-state index is 12.5. The van der Waals surface area contributed by atoms with Gasteiger partial charge < -0.3 is 14.2 Å². The first-order valence-electron chi connectivity index (χ1n) is 16.0. The monoisotopic (exact) mass is 724 g/mol. The minimum atomic E-state index is -1.50. The van der Waals surface area contributed by atoms with Gasteiger partial charge in [-0.05, 0) is 82.9 Å². The molecule has 0 radical (unpaired) electrons. The maximum atomic E-state index is 12.5. The van der Waals surface area contributed by atoms with Crippen LogP contribution in [0.2, 0.25) is 0 Å². The van der Waals surface area contributed by atoms with Gasteiger partial charge in [0, 0.05) is 0 Å². The first-order valence-corrected chi connectivity index (χ1v) is 16.0. The van der Waals surface area contributed by atoms with Gasteiger partial charge in [0.25, 0.3) is 0 Å². The van der Waals surface area contributed by atoms with Crippen LogP contribution in [0.1, 0.15) is 84.2 Å². The maximum Gasteiger partial charge on any atom is 0.549 e. The van der Waals surface area contributed by atoms with Gasteiger partial charge in [0.15, 0.2) is 0 Å². The molecule has 0 amide bonds. The SMILES string of the molecule is CCCC(COC(=O)OOC(=O)c1cc(C)ccc1C)(COC(=O)OOC(=O)c1cc(C)ccc1C)COC(=O)OOC(=O)c1cc(C)ccc1C. The molecule has 3 aromatic rings. The first kappa shape index (κ1) is 40.3. The Morgan fingerprint density at radius 1 is 0.462 bits per heavy atom. The van der Waals surface area contributed by atoms with Crippen molar-refractivity contribution in [3.8, 4) is 0 Å². The van der Waals surface area contributed by atoms with Crippen LogP contribution in [-0.2, 0) is 43.5 Å². The van der Waals surface area contributed by atoms with E-state index in [-0.39, 0.29) is 23.1 Å². The highest BCUT2D eigenvalue weighted by atomic mass is 17.2. The van der Waals surface area contributed by atoms with E-state index in [4.69, 9.17) is 14.2 Å². The molecule has 0 unspecified atom stereocenters. The zero-order chi connectivity index (χ0) is 38.4. The van der Waals surface area contributed by atoms with Crippen LogP contribution >= 0.6 is 0 Å². The Bertz CT molecular complexity index is 1590. The molecule has 15 heteroatoms. The summed E-state index contributed by atoms with van der Waals surface area (Å²) in [7, 11) is 0. The normalized spacial score (nSPS) is 10.7. The number of rotatable bonds is 11. The van der Waals surface area contributed by atoms with Crippen LogP contribution in [0, 0.1) is 47.0 Å². The number of ether oxygens (including phenoxy) is 3. The molecule has 0 atom stereocenters. The second-order valence-corrected chi connectivity index (χ2v) is 12.2. The summed E-state index contributed by atoms with van der Waals surface area (Å²) in [6, 6.07) is 15.1. The third-order valence-electron chi connectivity index (χ3n) is 7.66. The van der Waals surface area contributed by atoms with Crippen molar-refractivity contribution in [2.24, 2.45) is 5.41 Å². The van der Waals surface area contributed by atoms with Crippen LogP contribution in [-0.4, -0.2) is 56.2 Å². The van der Waals surface area contributed by atoms with E-state index in [0.29, 0.717) is 23.1 Å². The van der Waals surface area contributed by atoms with E-state index < -0.39 is 61.6 Å². The zero-order valence-corrected chi connectivity index (χ0v) is 29.9. The van der Waals surface area contributed by atoms with E-state index in [1.165, 1.54) is 0 Å². The average molecular weight is 725 g/mol. The van der Waals surface area contributed by atoms with Crippen molar-refractivity contribution in [2.75, 3.05) is 19.8 Å². The molecule has 0 aliphatic carbocycles. The molecule has 0 saturated carbocycles. The quantitative estimate of drug-likeness (QED) is 0.0823. The van der Waals surface area contributed by atoms with Gasteiger partial charge in [-0.25, -0.2) is 43.7 Å². The fourth-order valence-electron chi connectivity index (χ4n) is 4.80. The zero-order valence-electron chi connectivity index (χ0n) is 29.9. The smallest absolute Gasteiger partial charge is 0.431 e. The number of benzene rings is 3. The van der Waals surface area contributed by atoms with Crippen molar-refractivity contribution < 1.29 is 72.3 Å². The second kappa shape index (κ2) is 18.8. The summed E-state index contributed by atoms with van der Waals surface area (Å²) in [6.45, 7) is 10.1. The van der Waals surface area contributed by atoms with Crippen LogP contribution in [0.15, 0.2) is 54.6 Å². The largest absolute Gasteiger partial charge is 0.549 e. The number of hydrogen-bond acceptors (Lipinski definition) is 15. The molecule has 0 N–H and O–H groups in total. The predicted molar refractivity (Wildman–Crippen MR) is 179 cm³/mol. The van der Waals surface area contributed by atoms with Gasteiger partial charge in [0.05, 0.1) is 22.1 Å². The molecule has 0 aliphatic heterocycles. The van der Waals surface area contributed by atoms with Crippen LogP contribution in [0.25, 0.3) is 0 Å². The lowest BCUT2D eigenvalue weighted by molar-refractivity contribution is -0.217. The van der Waals surface area contributed by atoms with Gasteiger partial charge in [0.2, 0.25) is 0 Å². The summed E-state index contributed by atoms with van der Waals surface area (Å²) in [6.07, 6.45) is -3.91. The summed E-state index contributed by atoms with van der Waals surface area (Å²) < 4.78 is 15.5. The van der Waals surface area contributed by atoms with E-state index in [9.17, 15) is 28.8 Å². The first-order chi connectivity index (χ1) is 24.6. The summed E-state index contributed by atoms with van der Waals surface area (Å²) in [4.78, 5) is 102. The van der Waals surface area contributed by atoms with E-state index in [1.807, 2.05) is 0 Å². The molecule has 52 heavy (non-hydrogen) atoms. The van der Waals surface area contributed by atoms with E-state index >= 15 is 0 Å². The summed E-state index contributed by atoms with van der Waals surface area (Å²) in [5.74, 6) is -2.87. The average Bonchev–Trinajstić information content (AvgIpc) is 3.12. The van der Waals surface area contributed by atoms with Gasteiger partial charge in [0.1, 0.15) is 19.8 Å². The van der Waals surface area contributed by atoms with Crippen molar-refractivity contribution in [3.05, 3.63) is 105 Å². The Morgan fingerprint density at radius 3 is 1.02 bits per heavy atom. The molecule has 15 nitrogen and oxygen atoms in total. The lowest BCUT2D eigenvalue weighted by atomic mass is 9.86. The van der Waals surface area contributed by atoms with Crippen molar-refractivity contribution >= 4 is 36.4 Å². The fraction of sp³-hybridized carbons (Fsp3) is 0.351. The third kappa shape index (κ3) is 12.0. The molecule has 0 aliphatic rings. The molecule has 3 aromatic carbocycles. The van der Waals surface area contributed by atoms with Gasteiger partial charge in [-0.3, -0.25) is 0 Å². The number of aryl methyl sites for hydroxylation is 6. The molecule has 0 aromatic heterocycles. The second-order valence-electron chi connectivity index (χ2n) is 12.2. The molecule has 0 heterocycles. The molecule has 0 saturated heterocycles. The summed E-state index contributed by atoms with van der Waals surface area (Å²) >= 11 is 0. The van der Waals surface area contributed by atoms with Gasteiger partial charge in [-0.15, -0.1) is 0 Å². The lowest BCUT2D eigenvalue weighted by Gasteiger charge is -2.30. The topological polar surface area (TPSA) is 185 Å². The highest BCUT2D eigenvalue weighted by molar-refractivity contribution is 5.92. The molecule has 0 fully saturated rings. The molecule has 3 rings (SSSR count). The van der Waals surface area contributed by atoms with Crippen molar-refractivity contribution in [3.63, 3.8) is 0 Å². The molecule has 0 spiro atoms. The number of carbonyl (C=O) groups excluding carboxylic acids is 6. The highest BCUT2D eigenvalue weighted by Gasteiger charge is 2.37. The molecule has 0 bridgehead atoms. The van der Waals surface area contributed by atoms with Crippen LogP contribution in [0.4, 0.5) is 14.4 Å². The van der Waals surface area contributed by atoms with Crippen LogP contribution in [0.5, 0.6) is 0 Å². The standard InChI is InChI=1S/C37H40O15/c1-8-15-37(19-44-34(41)50-47-31(38)28-16-22(2)9-12-25(28)5,20-45-35(42)51-48-32(39)29-17-23(3)10-13-26(29)6)21-46-36(43)52-49-33(40)30-18-24(4)11-14-27(30)7/h9-14,16-18H,8,15,19-21H2,1-7H3. The number of carbonyl (C=O) groups is 6. The lowest BCUT2D eigenvalue weighted by Crippen LogP contribution is -2.40. The highest BCUT2D eigenvalue weighted by Crippen LogP contribution is 2.27. The predicted octanol–water partition coefficient (Wildman–Crippen LogP) is 7.40. The Hall–Kier alpha value is -6.12. The fourth-order valence-corrected chi connectivity index (χ4v) is 4.80. The minimum Gasteiger partial charge on any atom is -0.431 e. The van der Waals surface area contributed by atoms with Gasteiger partial charge >= 0.3 is 36.4 Å². The van der Waals surface area contributed by atoms with Crippen molar-refractivity contribution in [1.29, 1.82) is 0 Å². The Balaban J connectivity index is 1.67. The summed E-state index contributed by atoms with van der Waals surface area (Å²) in [5.41, 5.74) is 2.98.